The SMILES string of the molecule is CCCONC(=O)c1ccc2c(c1)N(Cc1ccc(Cl)cc1)C(=O)[C@@H](NC(=O)OC(C)(C)C)CS2(=O)=O. The maximum atomic E-state index is 13.7. The summed E-state index contributed by atoms with van der Waals surface area (Å²) in [5.74, 6) is -1.96. The van der Waals surface area contributed by atoms with Crippen LogP contribution in [0.2, 0.25) is 5.02 Å². The lowest BCUT2D eigenvalue weighted by Crippen LogP contribution is -2.51. The van der Waals surface area contributed by atoms with Gasteiger partial charge in [-0.15, -0.1) is 0 Å². The van der Waals surface area contributed by atoms with Crippen LogP contribution < -0.4 is 15.7 Å². The highest BCUT2D eigenvalue weighted by atomic mass is 35.5. The van der Waals surface area contributed by atoms with E-state index in [0.717, 1.165) is 0 Å². The van der Waals surface area contributed by atoms with Crippen LogP contribution >= 0.6 is 11.6 Å². The predicted molar refractivity (Wildman–Crippen MR) is 138 cm³/mol. The van der Waals surface area contributed by atoms with Crippen LogP contribution in [-0.4, -0.2) is 50.3 Å². The lowest BCUT2D eigenvalue weighted by Gasteiger charge is -2.27. The van der Waals surface area contributed by atoms with Crippen molar-refractivity contribution in [2.45, 2.75) is 57.2 Å². The van der Waals surface area contributed by atoms with Crippen LogP contribution in [0.1, 0.15) is 50.0 Å². The van der Waals surface area contributed by atoms with Crippen molar-refractivity contribution < 1.29 is 32.4 Å². The molecule has 0 unspecified atom stereocenters. The van der Waals surface area contributed by atoms with E-state index in [0.29, 0.717) is 23.6 Å². The molecule has 0 radical (unpaired) electrons. The van der Waals surface area contributed by atoms with Crippen LogP contribution in [0.5, 0.6) is 0 Å². The number of anilines is 1. The van der Waals surface area contributed by atoms with E-state index in [2.05, 4.69) is 10.8 Å². The summed E-state index contributed by atoms with van der Waals surface area (Å²) < 4.78 is 31.9. The number of rotatable bonds is 7. The number of amides is 3. The Labute approximate surface area is 221 Å². The lowest BCUT2D eigenvalue weighted by molar-refractivity contribution is -0.120. The molecule has 0 saturated heterocycles. The minimum Gasteiger partial charge on any atom is -0.444 e. The Hall–Kier alpha value is -3.15. The first kappa shape index (κ1) is 28.4. The summed E-state index contributed by atoms with van der Waals surface area (Å²) in [6.07, 6.45) is -0.246. The highest BCUT2D eigenvalue weighted by Crippen LogP contribution is 2.33. The number of hydrogen-bond donors (Lipinski definition) is 2. The maximum Gasteiger partial charge on any atom is 0.408 e. The fourth-order valence-electron chi connectivity index (χ4n) is 3.59. The molecule has 0 spiro atoms. The topological polar surface area (TPSA) is 131 Å². The molecule has 3 amide bonds. The minimum absolute atomic E-state index is 0.0107. The average molecular weight is 552 g/mol. The van der Waals surface area contributed by atoms with Crippen molar-refractivity contribution in [3.05, 3.63) is 58.6 Å². The molecule has 2 aromatic carbocycles. The number of alkyl carbamates (subject to hydrolysis) is 1. The molecule has 1 atom stereocenters. The van der Waals surface area contributed by atoms with Crippen molar-refractivity contribution in [1.82, 2.24) is 10.8 Å². The fourth-order valence-corrected chi connectivity index (χ4v) is 5.32. The van der Waals surface area contributed by atoms with Crippen molar-refractivity contribution in [3.8, 4) is 0 Å². The largest absolute Gasteiger partial charge is 0.444 e. The lowest BCUT2D eigenvalue weighted by atomic mass is 10.1. The standard InChI is InChI=1S/C25H30ClN3O7S/c1-5-12-35-28-22(30)17-8-11-21-20(13-17)29(14-16-6-9-18(26)10-7-16)23(31)19(15-37(21,33)34)27-24(32)36-25(2,3)4/h6-11,13,19H,5,12,14-15H2,1-4H3,(H,27,32)(H,28,30)/t19-/m0/s1. The van der Waals surface area contributed by atoms with E-state index in [4.69, 9.17) is 21.2 Å². The van der Waals surface area contributed by atoms with Gasteiger partial charge in [0.05, 0.1) is 29.5 Å². The molecule has 0 bridgehead atoms. The number of ether oxygens (including phenoxy) is 1. The Morgan fingerprint density at radius 1 is 1.14 bits per heavy atom. The molecule has 2 aromatic rings. The first-order chi connectivity index (χ1) is 17.3. The summed E-state index contributed by atoms with van der Waals surface area (Å²) in [7, 11) is -4.06. The number of nitrogens with zero attached hydrogens (tertiary/aromatic N) is 1. The van der Waals surface area contributed by atoms with Crippen LogP contribution in [0.15, 0.2) is 47.4 Å². The van der Waals surface area contributed by atoms with Gasteiger partial charge in [-0.25, -0.2) is 18.7 Å². The number of nitrogens with one attached hydrogen (secondary N) is 2. The van der Waals surface area contributed by atoms with Crippen molar-refractivity contribution in [1.29, 1.82) is 0 Å². The number of carbonyl (C=O) groups excluding carboxylic acids is 3. The van der Waals surface area contributed by atoms with Gasteiger partial charge in [0.1, 0.15) is 11.6 Å². The third-order valence-corrected chi connectivity index (χ3v) is 7.25. The van der Waals surface area contributed by atoms with Gasteiger partial charge in [0.25, 0.3) is 11.8 Å². The molecular weight excluding hydrogens is 522 g/mol. The van der Waals surface area contributed by atoms with Crippen LogP contribution in [0.3, 0.4) is 0 Å². The van der Waals surface area contributed by atoms with E-state index < -0.39 is 45.1 Å². The first-order valence-electron chi connectivity index (χ1n) is 11.6. The van der Waals surface area contributed by atoms with E-state index in [1.165, 1.54) is 23.1 Å². The zero-order valence-corrected chi connectivity index (χ0v) is 22.6. The molecule has 0 aromatic heterocycles. The normalized spacial score (nSPS) is 16.9. The summed E-state index contributed by atoms with van der Waals surface area (Å²) in [6.45, 7) is 7.08. The van der Waals surface area contributed by atoms with Crippen molar-refractivity contribution >= 4 is 45.0 Å². The quantitative estimate of drug-likeness (QED) is 0.397. The molecule has 3 rings (SSSR count). The van der Waals surface area contributed by atoms with Crippen molar-refractivity contribution in [3.63, 3.8) is 0 Å². The van der Waals surface area contributed by atoms with E-state index in [-0.39, 0.29) is 22.7 Å². The smallest absolute Gasteiger partial charge is 0.408 e. The molecule has 2 N–H and O–H groups in total. The molecule has 1 aliphatic heterocycles. The Morgan fingerprint density at radius 2 is 1.81 bits per heavy atom. The van der Waals surface area contributed by atoms with E-state index in [9.17, 15) is 22.8 Å². The van der Waals surface area contributed by atoms with Crippen LogP contribution in [0.25, 0.3) is 0 Å². The highest BCUT2D eigenvalue weighted by Gasteiger charge is 2.39. The molecule has 12 heteroatoms. The second-order valence-electron chi connectivity index (χ2n) is 9.49. The highest BCUT2D eigenvalue weighted by molar-refractivity contribution is 7.91. The molecule has 1 aliphatic rings. The molecule has 1 heterocycles. The van der Waals surface area contributed by atoms with E-state index in [1.807, 2.05) is 6.92 Å². The number of hydroxylamine groups is 1. The average Bonchev–Trinajstić information content (AvgIpc) is 2.87. The van der Waals surface area contributed by atoms with Gasteiger partial charge in [0, 0.05) is 10.6 Å². The summed E-state index contributed by atoms with van der Waals surface area (Å²) in [4.78, 5) is 44.9. The molecule has 37 heavy (non-hydrogen) atoms. The van der Waals surface area contributed by atoms with Crippen LogP contribution in [0.4, 0.5) is 10.5 Å². The summed E-state index contributed by atoms with van der Waals surface area (Å²) in [5.41, 5.74) is 2.20. The van der Waals surface area contributed by atoms with Crippen molar-refractivity contribution in [2.75, 3.05) is 17.3 Å². The fraction of sp³-hybridized carbons (Fsp3) is 0.400. The number of sulfone groups is 1. The predicted octanol–water partition coefficient (Wildman–Crippen LogP) is 3.63. The molecule has 0 saturated carbocycles. The minimum atomic E-state index is -4.06. The van der Waals surface area contributed by atoms with Crippen LogP contribution in [-0.2, 0) is 30.8 Å². The summed E-state index contributed by atoms with van der Waals surface area (Å²) in [6, 6.07) is 9.18. The zero-order valence-electron chi connectivity index (χ0n) is 21.0. The van der Waals surface area contributed by atoms with Gasteiger partial charge in [0.15, 0.2) is 9.84 Å². The Morgan fingerprint density at radius 3 is 2.43 bits per heavy atom. The number of benzene rings is 2. The maximum absolute atomic E-state index is 13.7. The Balaban J connectivity index is 2.05. The van der Waals surface area contributed by atoms with Gasteiger partial charge in [-0.1, -0.05) is 30.7 Å². The molecule has 0 aliphatic carbocycles. The third kappa shape index (κ3) is 7.43. The van der Waals surface area contributed by atoms with Gasteiger partial charge < -0.3 is 15.0 Å². The number of hydrogen-bond acceptors (Lipinski definition) is 7. The van der Waals surface area contributed by atoms with Crippen molar-refractivity contribution in [2.24, 2.45) is 0 Å². The summed E-state index contributed by atoms with van der Waals surface area (Å²) >= 11 is 5.99. The Kier molecular flexibility index (Phi) is 8.83. The third-order valence-electron chi connectivity index (χ3n) is 5.21. The number of carbonyl (C=O) groups is 3. The monoisotopic (exact) mass is 551 g/mol. The second-order valence-corrected chi connectivity index (χ2v) is 11.9. The molecular formula is C25H30ClN3O7S. The van der Waals surface area contributed by atoms with E-state index in [1.54, 1.807) is 45.0 Å². The van der Waals surface area contributed by atoms with Crippen LogP contribution in [0, 0.1) is 0 Å². The van der Waals surface area contributed by atoms with Gasteiger partial charge in [-0.05, 0) is 63.1 Å². The van der Waals surface area contributed by atoms with Gasteiger partial charge in [0.2, 0.25) is 0 Å². The Bertz CT molecular complexity index is 1270. The van der Waals surface area contributed by atoms with Gasteiger partial charge >= 0.3 is 6.09 Å². The van der Waals surface area contributed by atoms with Gasteiger partial charge in [-0.2, -0.15) is 0 Å². The zero-order chi connectivity index (χ0) is 27.4. The van der Waals surface area contributed by atoms with Gasteiger partial charge in [-0.3, -0.25) is 14.4 Å². The number of halogens is 1. The second kappa shape index (κ2) is 11.5. The first-order valence-corrected chi connectivity index (χ1v) is 13.7. The molecule has 0 fully saturated rings. The van der Waals surface area contributed by atoms with E-state index >= 15 is 0 Å². The molecule has 200 valence electrons. The molecule has 10 nitrogen and oxygen atoms in total. The number of fused-ring (bicyclic) bond motifs is 1. The summed E-state index contributed by atoms with van der Waals surface area (Å²) in [5, 5.41) is 2.89.